The molecule has 1 aliphatic carbocycles. The molecule has 1 saturated carbocycles. The fourth-order valence-corrected chi connectivity index (χ4v) is 7.69. The van der Waals surface area contributed by atoms with Crippen molar-refractivity contribution in [3.05, 3.63) is 46.1 Å². The molecule has 6 rings (SSSR count). The molecule has 210 valence electrons. The van der Waals surface area contributed by atoms with E-state index in [0.717, 1.165) is 6.07 Å². The van der Waals surface area contributed by atoms with E-state index >= 15 is 0 Å². The van der Waals surface area contributed by atoms with Gasteiger partial charge in [-0.05, 0) is 58.7 Å². The Morgan fingerprint density at radius 1 is 1.20 bits per heavy atom. The summed E-state index contributed by atoms with van der Waals surface area (Å²) in [7, 11) is 0. The fourth-order valence-electron chi connectivity index (χ4n) is 5.92. The number of pyridine rings is 2. The Kier molecular flexibility index (Phi) is 6.12. The van der Waals surface area contributed by atoms with Crippen LogP contribution in [-0.4, -0.2) is 54.3 Å². The summed E-state index contributed by atoms with van der Waals surface area (Å²) in [4.78, 5) is 50.7. The Morgan fingerprint density at radius 3 is 2.48 bits per heavy atom. The van der Waals surface area contributed by atoms with Crippen LogP contribution in [0.5, 0.6) is 0 Å². The fraction of sp³-hybridized carbons (Fsp3) is 0.444. The van der Waals surface area contributed by atoms with E-state index in [-0.39, 0.29) is 77.5 Å². The number of aromatic nitrogens is 2. The van der Waals surface area contributed by atoms with Crippen LogP contribution in [0.15, 0.2) is 24.4 Å². The lowest BCUT2D eigenvalue weighted by Crippen LogP contribution is -2.35. The number of aryl methyl sites for hydroxylation is 1. The van der Waals surface area contributed by atoms with Gasteiger partial charge in [0.05, 0.1) is 46.4 Å². The van der Waals surface area contributed by atoms with Crippen LogP contribution < -0.4 is 0 Å². The van der Waals surface area contributed by atoms with Crippen molar-refractivity contribution >= 4 is 61.9 Å². The molecule has 40 heavy (non-hydrogen) atoms. The number of carbonyl (C=O) groups is 3. The largest absolute Gasteiger partial charge is 0.433 e. The number of hydrogen-bond acceptors (Lipinski definition) is 6. The van der Waals surface area contributed by atoms with E-state index in [1.165, 1.54) is 40.3 Å². The van der Waals surface area contributed by atoms with E-state index < -0.39 is 21.5 Å². The van der Waals surface area contributed by atoms with Gasteiger partial charge in [-0.3, -0.25) is 24.3 Å². The molecule has 5 heterocycles. The van der Waals surface area contributed by atoms with Gasteiger partial charge >= 0.3 is 6.18 Å². The average Bonchev–Trinajstić information content (AvgIpc) is 3.19. The number of fused-ring (bicyclic) bond motifs is 2. The summed E-state index contributed by atoms with van der Waals surface area (Å²) in [6.07, 6.45) is -3.23. The molecule has 0 N–H and O–H groups in total. The summed E-state index contributed by atoms with van der Waals surface area (Å²) in [5.41, 5.74) is -0.914. The Labute approximate surface area is 244 Å². The first-order valence-electron chi connectivity index (χ1n) is 12.6. The van der Waals surface area contributed by atoms with E-state index in [1.807, 2.05) is 13.8 Å². The molecule has 3 aromatic heterocycles. The van der Waals surface area contributed by atoms with Gasteiger partial charge in [-0.1, -0.05) is 13.8 Å². The number of rotatable bonds is 4. The predicted molar refractivity (Wildman–Crippen MR) is 147 cm³/mol. The molecule has 2 aliphatic heterocycles. The number of amides is 3. The normalized spacial score (nSPS) is 25.7. The van der Waals surface area contributed by atoms with E-state index in [2.05, 4.69) is 9.97 Å². The number of carbonyl (C=O) groups excluding carboxylic acids is 3. The van der Waals surface area contributed by atoms with Crippen LogP contribution >= 0.6 is 33.9 Å². The molecule has 3 atom stereocenters. The highest BCUT2D eigenvalue weighted by Crippen LogP contribution is 2.63. The van der Waals surface area contributed by atoms with E-state index in [0.29, 0.717) is 15.1 Å². The van der Waals surface area contributed by atoms with E-state index in [9.17, 15) is 31.9 Å². The van der Waals surface area contributed by atoms with Crippen molar-refractivity contribution < 1.29 is 31.9 Å². The summed E-state index contributed by atoms with van der Waals surface area (Å²) < 4.78 is 54.9. The number of nitrogens with zero attached hydrogens (tertiary/aromatic N) is 4. The Hall–Kier alpha value is -2.68. The monoisotopic (exact) mass is 686 g/mol. The molecule has 0 spiro atoms. The number of hydrogen-bond donors (Lipinski definition) is 0. The van der Waals surface area contributed by atoms with Gasteiger partial charge in [0, 0.05) is 29.6 Å². The maximum absolute atomic E-state index is 14.6. The smallest absolute Gasteiger partial charge is 0.334 e. The topological polar surface area (TPSA) is 83.5 Å². The lowest BCUT2D eigenvalue weighted by atomic mass is 9.99. The first kappa shape index (κ1) is 27.5. The van der Waals surface area contributed by atoms with Crippen LogP contribution in [-0.2, 0) is 22.3 Å². The van der Waals surface area contributed by atoms with Crippen LogP contribution in [0.25, 0.3) is 21.5 Å². The second-order valence-corrected chi connectivity index (χ2v) is 14.3. The van der Waals surface area contributed by atoms with Gasteiger partial charge in [0.1, 0.15) is 5.69 Å². The maximum atomic E-state index is 14.6. The number of thiophene rings is 1. The maximum Gasteiger partial charge on any atom is 0.433 e. The Morgan fingerprint density at radius 2 is 1.88 bits per heavy atom. The zero-order chi connectivity index (χ0) is 28.9. The van der Waals surface area contributed by atoms with Gasteiger partial charge in [-0.25, -0.2) is 9.37 Å². The first-order chi connectivity index (χ1) is 18.6. The molecule has 0 bridgehead atoms. The van der Waals surface area contributed by atoms with Gasteiger partial charge in [0.25, 0.3) is 5.91 Å². The first-order valence-corrected chi connectivity index (χ1v) is 14.5. The molecule has 13 heteroatoms. The van der Waals surface area contributed by atoms with Crippen LogP contribution in [0, 0.1) is 24.2 Å². The third kappa shape index (κ3) is 4.30. The lowest BCUT2D eigenvalue weighted by molar-refractivity contribution is -0.144. The highest BCUT2D eigenvalue weighted by molar-refractivity contribution is 14.1. The number of halogens is 5. The van der Waals surface area contributed by atoms with Crippen molar-refractivity contribution in [1.29, 1.82) is 0 Å². The zero-order valence-electron chi connectivity index (χ0n) is 21.6. The number of piperidine rings is 1. The summed E-state index contributed by atoms with van der Waals surface area (Å²) in [6, 6.07) is 4.01. The lowest BCUT2D eigenvalue weighted by Gasteiger charge is -2.21. The van der Waals surface area contributed by atoms with Crippen LogP contribution in [0.1, 0.15) is 46.8 Å². The van der Waals surface area contributed by atoms with E-state index in [4.69, 9.17) is 0 Å². The number of likely N-dealkylation sites (tertiary alicyclic amines) is 2. The van der Waals surface area contributed by atoms with E-state index in [1.54, 1.807) is 28.7 Å². The van der Waals surface area contributed by atoms with Crippen molar-refractivity contribution in [2.24, 2.45) is 17.3 Å². The van der Waals surface area contributed by atoms with Gasteiger partial charge in [0.15, 0.2) is 3.68 Å². The molecule has 3 amide bonds. The minimum absolute atomic E-state index is 0.0308. The molecule has 3 unspecified atom stereocenters. The number of imide groups is 1. The van der Waals surface area contributed by atoms with Crippen LogP contribution in [0.2, 0.25) is 0 Å². The quantitative estimate of drug-likeness (QED) is 0.151. The molecule has 0 aromatic carbocycles. The second-order valence-electron chi connectivity index (χ2n) is 11.2. The van der Waals surface area contributed by atoms with Crippen molar-refractivity contribution in [3.8, 4) is 11.3 Å². The highest BCUT2D eigenvalue weighted by atomic mass is 127. The molecule has 3 fully saturated rings. The van der Waals surface area contributed by atoms with Crippen molar-refractivity contribution in [2.75, 3.05) is 13.1 Å². The van der Waals surface area contributed by atoms with Gasteiger partial charge in [0.2, 0.25) is 11.8 Å². The summed E-state index contributed by atoms with van der Waals surface area (Å²) >= 11 is 2.82. The summed E-state index contributed by atoms with van der Waals surface area (Å²) in [6.45, 7) is 5.17. The third-order valence-corrected chi connectivity index (χ3v) is 10.1. The minimum Gasteiger partial charge on any atom is -0.334 e. The second kappa shape index (κ2) is 8.91. The molecule has 7 nitrogen and oxygen atoms in total. The highest BCUT2D eigenvalue weighted by Gasteiger charge is 2.72. The van der Waals surface area contributed by atoms with Crippen LogP contribution in [0.4, 0.5) is 17.6 Å². The minimum atomic E-state index is -4.76. The Balaban J connectivity index is 1.43. The molecular weight excluding hydrogens is 663 g/mol. The van der Waals surface area contributed by atoms with Gasteiger partial charge < -0.3 is 4.90 Å². The van der Waals surface area contributed by atoms with Crippen LogP contribution in [0.3, 0.4) is 0 Å². The van der Waals surface area contributed by atoms with Crippen molar-refractivity contribution in [1.82, 2.24) is 19.8 Å². The summed E-state index contributed by atoms with van der Waals surface area (Å²) in [5, 5.41) is 0. The third-order valence-electron chi connectivity index (χ3n) is 8.10. The molecule has 3 aliphatic rings. The van der Waals surface area contributed by atoms with Gasteiger partial charge in [-0.2, -0.15) is 13.2 Å². The number of alkyl halides is 5. The standard InChI is InChI=1S/C27H23F4IN4O3S/c1-12-8-16(27(29,30)31)34-20(17(12)22(37)35-7-5-26(28,32)11-35)14-4-6-33-15-9-13(40-21(14)15)10-36-23(38)18-19(24(36)39)25(18,2)3/h4,6,8-9,18-19H,5,7,10-11H2,1-3H3. The molecule has 2 saturated heterocycles. The van der Waals surface area contributed by atoms with Gasteiger partial charge in [-0.15, -0.1) is 11.3 Å². The molecule has 0 radical (unpaired) electrons. The average molecular weight is 686 g/mol. The molecular formula is C27H23F4IN4O3S. The zero-order valence-corrected chi connectivity index (χ0v) is 24.6. The Bertz CT molecular complexity index is 1590. The van der Waals surface area contributed by atoms with Crippen molar-refractivity contribution in [3.63, 3.8) is 0 Å². The summed E-state index contributed by atoms with van der Waals surface area (Å²) in [5.74, 6) is -1.70. The predicted octanol–water partition coefficient (Wildman–Crippen LogP) is 5.77. The SMILES string of the molecule is Cc1cc(C(F)(F)F)nc(-c2ccnc3cc(CN4C(=O)C5C(C4=O)C5(C)C)sc23)c1C(=O)N1CCC(F)(I)C1. The van der Waals surface area contributed by atoms with Crippen molar-refractivity contribution in [2.45, 2.75) is 43.6 Å². The molecule has 3 aromatic rings.